The Hall–Kier alpha value is -2.12. The molecule has 1 saturated heterocycles. The number of sulfone groups is 1. The Morgan fingerprint density at radius 1 is 1.21 bits per heavy atom. The minimum Gasteiger partial charge on any atom is -0.455 e. The summed E-state index contributed by atoms with van der Waals surface area (Å²) in [5.74, 6) is -0.109. The first kappa shape index (κ1) is 16.7. The van der Waals surface area contributed by atoms with Crippen molar-refractivity contribution in [3.05, 3.63) is 54.0 Å². The summed E-state index contributed by atoms with van der Waals surface area (Å²) < 4.78 is 35.5. The van der Waals surface area contributed by atoms with Gasteiger partial charge in [0.15, 0.2) is 15.6 Å². The van der Waals surface area contributed by atoms with Gasteiger partial charge in [-0.25, -0.2) is 8.42 Å². The van der Waals surface area contributed by atoms with Gasteiger partial charge in [0.05, 0.1) is 24.2 Å². The van der Waals surface area contributed by atoms with E-state index < -0.39 is 9.84 Å². The summed E-state index contributed by atoms with van der Waals surface area (Å²) in [6, 6.07) is 11.2. The molecule has 1 unspecified atom stereocenters. The number of hydrogen-bond acceptors (Lipinski definition) is 5. The third kappa shape index (κ3) is 3.52. The van der Waals surface area contributed by atoms with Crippen molar-refractivity contribution in [3.8, 4) is 0 Å². The number of rotatable bonds is 4. The largest absolute Gasteiger partial charge is 0.455 e. The molecule has 7 heteroatoms. The van der Waals surface area contributed by atoms with Crippen LogP contribution in [-0.2, 0) is 20.3 Å². The maximum Gasteiger partial charge on any atom is 0.289 e. The van der Waals surface area contributed by atoms with Gasteiger partial charge in [0.25, 0.3) is 5.91 Å². The molecule has 1 aromatic carbocycles. The lowest BCUT2D eigenvalue weighted by atomic mass is 10.2. The molecule has 1 aromatic heterocycles. The Kier molecular flexibility index (Phi) is 4.73. The van der Waals surface area contributed by atoms with Gasteiger partial charge < -0.3 is 14.1 Å². The Morgan fingerprint density at radius 2 is 1.96 bits per heavy atom. The number of hydrogen-bond donors (Lipinski definition) is 0. The fourth-order valence-corrected chi connectivity index (χ4v) is 3.91. The van der Waals surface area contributed by atoms with Crippen LogP contribution in [0.25, 0.3) is 0 Å². The van der Waals surface area contributed by atoms with Crippen molar-refractivity contribution in [2.24, 2.45) is 0 Å². The van der Waals surface area contributed by atoms with Gasteiger partial charge in [-0.1, -0.05) is 18.2 Å². The highest BCUT2D eigenvalue weighted by molar-refractivity contribution is 7.90. The third-order valence-corrected chi connectivity index (χ3v) is 5.59. The number of ether oxygens (including phenoxy) is 1. The van der Waals surface area contributed by atoms with E-state index >= 15 is 0 Å². The standard InChI is InChI=1S/C17H19NO5S/c1-13-11-22-10-9-18(13)17(19)16-8-7-14(23-16)12-24(20,21)15-5-3-2-4-6-15/h2-8,13H,9-12H2,1H3. The molecule has 0 spiro atoms. The number of amides is 1. The first-order chi connectivity index (χ1) is 11.5. The zero-order valence-corrected chi connectivity index (χ0v) is 14.2. The minimum atomic E-state index is -3.50. The maximum absolute atomic E-state index is 12.5. The summed E-state index contributed by atoms with van der Waals surface area (Å²) in [6.45, 7) is 3.38. The highest BCUT2D eigenvalue weighted by atomic mass is 32.2. The van der Waals surface area contributed by atoms with Crippen LogP contribution < -0.4 is 0 Å². The van der Waals surface area contributed by atoms with E-state index in [1.807, 2.05) is 6.92 Å². The average Bonchev–Trinajstić information content (AvgIpc) is 3.03. The van der Waals surface area contributed by atoms with E-state index in [-0.39, 0.29) is 34.1 Å². The summed E-state index contributed by atoms with van der Waals surface area (Å²) in [4.78, 5) is 14.4. The van der Waals surface area contributed by atoms with E-state index in [1.54, 1.807) is 41.3 Å². The number of benzene rings is 1. The van der Waals surface area contributed by atoms with Gasteiger partial charge in [-0.2, -0.15) is 0 Å². The molecule has 0 saturated carbocycles. The molecule has 1 aliphatic heterocycles. The monoisotopic (exact) mass is 349 g/mol. The van der Waals surface area contributed by atoms with Crippen molar-refractivity contribution in [2.45, 2.75) is 23.6 Å². The molecule has 3 rings (SSSR count). The first-order valence-corrected chi connectivity index (χ1v) is 9.38. The number of nitrogens with zero attached hydrogens (tertiary/aromatic N) is 1. The molecule has 2 aromatic rings. The van der Waals surface area contributed by atoms with E-state index in [1.165, 1.54) is 6.07 Å². The quantitative estimate of drug-likeness (QED) is 0.845. The Morgan fingerprint density at radius 3 is 2.67 bits per heavy atom. The molecule has 24 heavy (non-hydrogen) atoms. The van der Waals surface area contributed by atoms with Crippen LogP contribution in [0.4, 0.5) is 0 Å². The second-order valence-corrected chi connectivity index (χ2v) is 7.75. The fourth-order valence-electron chi connectivity index (χ4n) is 2.64. The second kappa shape index (κ2) is 6.78. The SMILES string of the molecule is CC1COCCN1C(=O)c1ccc(CS(=O)(=O)c2ccccc2)o1. The third-order valence-electron chi connectivity index (χ3n) is 3.94. The van der Waals surface area contributed by atoms with Crippen LogP contribution in [0.5, 0.6) is 0 Å². The summed E-state index contributed by atoms with van der Waals surface area (Å²) in [5.41, 5.74) is 0. The Bertz CT molecular complexity index is 813. The molecule has 0 radical (unpaired) electrons. The number of morpholine rings is 1. The predicted molar refractivity (Wildman–Crippen MR) is 87.4 cm³/mol. The van der Waals surface area contributed by atoms with Crippen LogP contribution in [0.3, 0.4) is 0 Å². The van der Waals surface area contributed by atoms with Gasteiger partial charge in [-0.05, 0) is 31.2 Å². The predicted octanol–water partition coefficient (Wildman–Crippen LogP) is 2.11. The van der Waals surface area contributed by atoms with Gasteiger partial charge in [0.2, 0.25) is 0 Å². The van der Waals surface area contributed by atoms with Crippen LogP contribution in [0, 0.1) is 0 Å². The lowest BCUT2D eigenvalue weighted by Gasteiger charge is -2.32. The molecular weight excluding hydrogens is 330 g/mol. The zero-order valence-electron chi connectivity index (χ0n) is 13.3. The van der Waals surface area contributed by atoms with Crippen LogP contribution in [-0.4, -0.2) is 45.0 Å². The van der Waals surface area contributed by atoms with Crippen molar-refractivity contribution in [2.75, 3.05) is 19.8 Å². The minimum absolute atomic E-state index is 0.0344. The first-order valence-electron chi connectivity index (χ1n) is 7.72. The smallest absolute Gasteiger partial charge is 0.289 e. The molecule has 1 aliphatic rings. The Labute approximate surface area is 140 Å². The van der Waals surface area contributed by atoms with E-state index in [2.05, 4.69) is 0 Å². The summed E-state index contributed by atoms with van der Waals surface area (Å²) >= 11 is 0. The van der Waals surface area contributed by atoms with E-state index in [4.69, 9.17) is 9.15 Å². The lowest BCUT2D eigenvalue weighted by molar-refractivity contribution is 0.00190. The molecule has 1 fully saturated rings. The molecule has 1 amide bonds. The van der Waals surface area contributed by atoms with Crippen molar-refractivity contribution < 1.29 is 22.4 Å². The average molecular weight is 349 g/mol. The van der Waals surface area contributed by atoms with Crippen LogP contribution in [0.2, 0.25) is 0 Å². The highest BCUT2D eigenvalue weighted by Gasteiger charge is 2.27. The Balaban J connectivity index is 1.75. The second-order valence-electron chi connectivity index (χ2n) is 5.76. The zero-order chi connectivity index (χ0) is 17.2. The summed E-state index contributed by atoms with van der Waals surface area (Å²) in [7, 11) is -3.50. The van der Waals surface area contributed by atoms with Gasteiger partial charge >= 0.3 is 0 Å². The number of furan rings is 1. The molecule has 2 heterocycles. The molecular formula is C17H19NO5S. The number of carbonyl (C=O) groups is 1. The van der Waals surface area contributed by atoms with E-state index in [9.17, 15) is 13.2 Å². The van der Waals surface area contributed by atoms with Gasteiger partial charge in [0, 0.05) is 6.54 Å². The fraction of sp³-hybridized carbons (Fsp3) is 0.353. The molecule has 128 valence electrons. The van der Waals surface area contributed by atoms with Crippen molar-refractivity contribution >= 4 is 15.7 Å². The van der Waals surface area contributed by atoms with Crippen molar-refractivity contribution in [1.29, 1.82) is 0 Å². The molecule has 0 bridgehead atoms. The molecule has 0 N–H and O–H groups in total. The van der Waals surface area contributed by atoms with E-state index in [0.717, 1.165) is 0 Å². The van der Waals surface area contributed by atoms with Gasteiger partial charge in [-0.3, -0.25) is 4.79 Å². The van der Waals surface area contributed by atoms with Crippen LogP contribution in [0.15, 0.2) is 51.8 Å². The lowest BCUT2D eigenvalue weighted by Crippen LogP contribution is -2.47. The summed E-state index contributed by atoms with van der Waals surface area (Å²) in [5, 5.41) is 0. The van der Waals surface area contributed by atoms with Crippen LogP contribution >= 0.6 is 0 Å². The normalized spacial score (nSPS) is 18.5. The topological polar surface area (TPSA) is 76.8 Å². The maximum atomic E-state index is 12.5. The van der Waals surface area contributed by atoms with Gasteiger partial charge in [-0.15, -0.1) is 0 Å². The number of carbonyl (C=O) groups excluding carboxylic acids is 1. The van der Waals surface area contributed by atoms with Crippen molar-refractivity contribution in [1.82, 2.24) is 4.90 Å². The van der Waals surface area contributed by atoms with Crippen molar-refractivity contribution in [3.63, 3.8) is 0 Å². The molecule has 1 atom stereocenters. The van der Waals surface area contributed by atoms with Crippen LogP contribution in [0.1, 0.15) is 23.2 Å². The highest BCUT2D eigenvalue weighted by Crippen LogP contribution is 2.20. The van der Waals surface area contributed by atoms with Gasteiger partial charge in [0.1, 0.15) is 11.5 Å². The molecule has 6 nitrogen and oxygen atoms in total. The molecule has 0 aliphatic carbocycles. The van der Waals surface area contributed by atoms with E-state index in [0.29, 0.717) is 19.8 Å². The summed E-state index contributed by atoms with van der Waals surface area (Å²) in [6.07, 6.45) is 0.